The van der Waals surface area contributed by atoms with Crippen LogP contribution in [0.15, 0.2) is 36.5 Å². The van der Waals surface area contributed by atoms with Crippen molar-refractivity contribution in [2.24, 2.45) is 0 Å². The van der Waals surface area contributed by atoms with E-state index in [-0.39, 0.29) is 5.91 Å². The summed E-state index contributed by atoms with van der Waals surface area (Å²) in [5.41, 5.74) is 9.82. The number of carbonyl (C=O) groups is 1. The lowest BCUT2D eigenvalue weighted by Gasteiger charge is -2.08. The predicted octanol–water partition coefficient (Wildman–Crippen LogP) is 2.25. The molecule has 0 aliphatic heterocycles. The second kappa shape index (κ2) is 6.19. The Morgan fingerprint density at radius 1 is 1.30 bits per heavy atom. The molecule has 0 unspecified atom stereocenters. The molecule has 0 aliphatic carbocycles. The van der Waals surface area contributed by atoms with Gasteiger partial charge in [-0.05, 0) is 31.9 Å². The molecule has 0 radical (unpaired) electrons. The Bertz CT molecular complexity index is 623. The van der Waals surface area contributed by atoms with Crippen molar-refractivity contribution in [3.05, 3.63) is 58.9 Å². The van der Waals surface area contributed by atoms with E-state index >= 15 is 0 Å². The third-order valence-corrected chi connectivity index (χ3v) is 3.13. The predicted molar refractivity (Wildman–Crippen MR) is 80.6 cm³/mol. The van der Waals surface area contributed by atoms with Gasteiger partial charge in [-0.25, -0.2) is 0 Å². The van der Waals surface area contributed by atoms with E-state index in [0.29, 0.717) is 23.5 Å². The van der Waals surface area contributed by atoms with Crippen LogP contribution in [0, 0.1) is 13.8 Å². The first-order chi connectivity index (χ1) is 9.56. The molecule has 0 fully saturated rings. The van der Waals surface area contributed by atoms with Gasteiger partial charge >= 0.3 is 0 Å². The third-order valence-electron chi connectivity index (χ3n) is 3.13. The van der Waals surface area contributed by atoms with Crippen LogP contribution >= 0.6 is 0 Å². The number of amides is 1. The average molecular weight is 269 g/mol. The zero-order chi connectivity index (χ0) is 14.5. The van der Waals surface area contributed by atoms with Crippen LogP contribution < -0.4 is 11.1 Å². The van der Waals surface area contributed by atoms with Crippen molar-refractivity contribution in [1.82, 2.24) is 10.3 Å². The summed E-state index contributed by atoms with van der Waals surface area (Å²) in [7, 11) is 0. The van der Waals surface area contributed by atoms with Crippen LogP contribution in [0.5, 0.6) is 0 Å². The van der Waals surface area contributed by atoms with E-state index in [1.807, 2.05) is 6.07 Å². The van der Waals surface area contributed by atoms with Crippen molar-refractivity contribution in [3.8, 4) is 0 Å². The van der Waals surface area contributed by atoms with Crippen molar-refractivity contribution in [2.45, 2.75) is 20.3 Å². The number of hydrogen-bond donors (Lipinski definition) is 2. The molecular formula is C16H19N3O. The van der Waals surface area contributed by atoms with Crippen LogP contribution in [0.1, 0.15) is 27.2 Å². The summed E-state index contributed by atoms with van der Waals surface area (Å²) in [6.45, 7) is 4.45. The second-order valence-electron chi connectivity index (χ2n) is 4.90. The molecule has 0 bridgehead atoms. The molecule has 4 heteroatoms. The van der Waals surface area contributed by atoms with Gasteiger partial charge in [0.05, 0.1) is 23.1 Å². The highest BCUT2D eigenvalue weighted by molar-refractivity contribution is 5.95. The minimum atomic E-state index is -0.130. The molecule has 1 amide bonds. The first-order valence-electron chi connectivity index (χ1n) is 6.62. The summed E-state index contributed by atoms with van der Waals surface area (Å²) in [6, 6.07) is 9.93. The van der Waals surface area contributed by atoms with Crippen LogP contribution in [-0.2, 0) is 6.42 Å². The quantitative estimate of drug-likeness (QED) is 0.894. The zero-order valence-corrected chi connectivity index (χ0v) is 11.8. The van der Waals surface area contributed by atoms with Gasteiger partial charge in [-0.1, -0.05) is 29.8 Å². The van der Waals surface area contributed by atoms with E-state index in [1.165, 1.54) is 11.1 Å². The number of nitrogen functional groups attached to an aromatic ring is 1. The SMILES string of the molecule is Cc1cccc(CCNC(=O)c2cc(N)cnc2C)c1. The first kappa shape index (κ1) is 14.1. The maximum atomic E-state index is 12.1. The molecule has 104 valence electrons. The molecule has 2 rings (SSSR count). The summed E-state index contributed by atoms with van der Waals surface area (Å²) in [5.74, 6) is -0.130. The summed E-state index contributed by atoms with van der Waals surface area (Å²) >= 11 is 0. The fraction of sp³-hybridized carbons (Fsp3) is 0.250. The van der Waals surface area contributed by atoms with Gasteiger partial charge in [0.15, 0.2) is 0 Å². The summed E-state index contributed by atoms with van der Waals surface area (Å²) in [5, 5.41) is 2.90. The van der Waals surface area contributed by atoms with Crippen LogP contribution in [0.25, 0.3) is 0 Å². The molecule has 3 N–H and O–H groups in total. The Labute approximate surface area is 119 Å². The number of carbonyl (C=O) groups excluding carboxylic acids is 1. The van der Waals surface area contributed by atoms with E-state index < -0.39 is 0 Å². The molecule has 1 aromatic carbocycles. The van der Waals surface area contributed by atoms with Gasteiger partial charge in [-0.3, -0.25) is 9.78 Å². The molecule has 0 aliphatic rings. The number of aryl methyl sites for hydroxylation is 2. The fourth-order valence-electron chi connectivity index (χ4n) is 2.06. The minimum absolute atomic E-state index is 0.130. The molecule has 20 heavy (non-hydrogen) atoms. The number of pyridine rings is 1. The van der Waals surface area contributed by atoms with Crippen molar-refractivity contribution >= 4 is 11.6 Å². The van der Waals surface area contributed by atoms with E-state index in [9.17, 15) is 4.79 Å². The normalized spacial score (nSPS) is 10.3. The number of nitrogens with two attached hydrogens (primary N) is 1. The summed E-state index contributed by atoms with van der Waals surface area (Å²) in [4.78, 5) is 16.2. The molecule has 0 spiro atoms. The second-order valence-corrected chi connectivity index (χ2v) is 4.90. The van der Waals surface area contributed by atoms with Gasteiger partial charge in [0.1, 0.15) is 0 Å². The molecule has 4 nitrogen and oxygen atoms in total. The Morgan fingerprint density at radius 3 is 2.85 bits per heavy atom. The highest BCUT2D eigenvalue weighted by Crippen LogP contribution is 2.09. The highest BCUT2D eigenvalue weighted by Gasteiger charge is 2.09. The largest absolute Gasteiger partial charge is 0.397 e. The number of aromatic nitrogens is 1. The summed E-state index contributed by atoms with van der Waals surface area (Å²) in [6.07, 6.45) is 2.36. The van der Waals surface area contributed by atoms with Gasteiger partial charge in [0.2, 0.25) is 0 Å². The standard InChI is InChI=1S/C16H19N3O/c1-11-4-3-5-13(8-11)6-7-18-16(20)15-9-14(17)10-19-12(15)2/h3-5,8-10H,6-7,17H2,1-2H3,(H,18,20). The number of anilines is 1. The number of nitrogens with zero attached hydrogens (tertiary/aromatic N) is 1. The lowest BCUT2D eigenvalue weighted by Crippen LogP contribution is -2.26. The first-order valence-corrected chi connectivity index (χ1v) is 6.62. The minimum Gasteiger partial charge on any atom is -0.397 e. The van der Waals surface area contributed by atoms with Gasteiger partial charge in [-0.15, -0.1) is 0 Å². The summed E-state index contributed by atoms with van der Waals surface area (Å²) < 4.78 is 0. The molecule has 0 saturated carbocycles. The van der Waals surface area contributed by atoms with Crippen LogP contribution in [0.2, 0.25) is 0 Å². The molecule has 0 atom stereocenters. The number of benzene rings is 1. The number of nitrogens with one attached hydrogen (secondary N) is 1. The van der Waals surface area contributed by atoms with Crippen molar-refractivity contribution in [1.29, 1.82) is 0 Å². The van der Waals surface area contributed by atoms with E-state index in [2.05, 4.69) is 35.4 Å². The fourth-order valence-corrected chi connectivity index (χ4v) is 2.06. The molecule has 2 aromatic rings. The van der Waals surface area contributed by atoms with Crippen molar-refractivity contribution in [2.75, 3.05) is 12.3 Å². The lowest BCUT2D eigenvalue weighted by molar-refractivity contribution is 0.0953. The smallest absolute Gasteiger partial charge is 0.253 e. The highest BCUT2D eigenvalue weighted by atomic mass is 16.1. The molecule has 0 saturated heterocycles. The molecular weight excluding hydrogens is 250 g/mol. The Balaban J connectivity index is 1.94. The maximum Gasteiger partial charge on any atom is 0.253 e. The Morgan fingerprint density at radius 2 is 2.10 bits per heavy atom. The number of hydrogen-bond acceptors (Lipinski definition) is 3. The molecule has 1 aromatic heterocycles. The Hall–Kier alpha value is -2.36. The van der Waals surface area contributed by atoms with Crippen LogP contribution in [0.4, 0.5) is 5.69 Å². The van der Waals surface area contributed by atoms with E-state index in [4.69, 9.17) is 5.73 Å². The topological polar surface area (TPSA) is 68.0 Å². The lowest BCUT2D eigenvalue weighted by atomic mass is 10.1. The third kappa shape index (κ3) is 3.57. The van der Waals surface area contributed by atoms with E-state index in [1.54, 1.807) is 19.2 Å². The van der Waals surface area contributed by atoms with Crippen LogP contribution in [0.3, 0.4) is 0 Å². The average Bonchev–Trinajstić information content (AvgIpc) is 2.41. The van der Waals surface area contributed by atoms with Crippen LogP contribution in [-0.4, -0.2) is 17.4 Å². The monoisotopic (exact) mass is 269 g/mol. The molecule has 1 heterocycles. The van der Waals surface area contributed by atoms with Crippen molar-refractivity contribution < 1.29 is 4.79 Å². The number of rotatable bonds is 4. The van der Waals surface area contributed by atoms with Crippen molar-refractivity contribution in [3.63, 3.8) is 0 Å². The maximum absolute atomic E-state index is 12.1. The Kier molecular flexibility index (Phi) is 4.35. The van der Waals surface area contributed by atoms with Gasteiger partial charge in [-0.2, -0.15) is 0 Å². The van der Waals surface area contributed by atoms with Gasteiger partial charge in [0.25, 0.3) is 5.91 Å². The zero-order valence-electron chi connectivity index (χ0n) is 11.8. The van der Waals surface area contributed by atoms with E-state index in [0.717, 1.165) is 6.42 Å². The van der Waals surface area contributed by atoms with Gasteiger partial charge < -0.3 is 11.1 Å². The van der Waals surface area contributed by atoms with Gasteiger partial charge in [0, 0.05) is 6.54 Å².